The van der Waals surface area contributed by atoms with E-state index in [1.165, 1.54) is 19.4 Å². The van der Waals surface area contributed by atoms with Gasteiger partial charge >= 0.3 is 0 Å². The minimum atomic E-state index is 0.503. The third-order valence-corrected chi connectivity index (χ3v) is 3.32. The van der Waals surface area contributed by atoms with Crippen molar-refractivity contribution in [3.8, 4) is 5.75 Å². The first-order valence-corrected chi connectivity index (χ1v) is 6.08. The summed E-state index contributed by atoms with van der Waals surface area (Å²) in [6.45, 7) is 1.96. The number of ether oxygens (including phenoxy) is 1. The molecule has 1 aromatic rings. The van der Waals surface area contributed by atoms with Gasteiger partial charge in [-0.3, -0.25) is 0 Å². The van der Waals surface area contributed by atoms with E-state index < -0.39 is 0 Å². The molecule has 1 aliphatic heterocycles. The van der Waals surface area contributed by atoms with Gasteiger partial charge in [-0.2, -0.15) is 0 Å². The van der Waals surface area contributed by atoms with Crippen LogP contribution in [0.4, 0.5) is 0 Å². The number of rotatable bonds is 4. The van der Waals surface area contributed by atoms with Gasteiger partial charge in [0.05, 0.1) is 12.8 Å². The van der Waals surface area contributed by atoms with Crippen molar-refractivity contribution in [2.45, 2.75) is 25.3 Å². The maximum Gasteiger partial charge on any atom is 0.137 e. The van der Waals surface area contributed by atoms with Crippen molar-refractivity contribution in [1.82, 2.24) is 9.88 Å². The van der Waals surface area contributed by atoms with Crippen LogP contribution < -0.4 is 4.74 Å². The molecule has 1 saturated heterocycles. The van der Waals surface area contributed by atoms with Crippen LogP contribution in [0.5, 0.6) is 5.75 Å². The lowest BCUT2D eigenvalue weighted by atomic mass is 10.1. The Balaban J connectivity index is 1.73. The second-order valence-corrected chi connectivity index (χ2v) is 4.62. The van der Waals surface area contributed by atoms with Crippen LogP contribution >= 0.6 is 11.6 Å². The highest BCUT2D eigenvalue weighted by Gasteiger charge is 2.20. The molecule has 1 atom stereocenters. The molecule has 0 saturated carbocycles. The Bertz CT molecular complexity index is 328. The van der Waals surface area contributed by atoms with Gasteiger partial charge in [-0.1, -0.05) is 11.6 Å². The Labute approximate surface area is 101 Å². The summed E-state index contributed by atoms with van der Waals surface area (Å²) in [5.41, 5.74) is 0. The lowest BCUT2D eigenvalue weighted by Crippen LogP contribution is -2.26. The number of aromatic nitrogens is 1. The van der Waals surface area contributed by atoms with Gasteiger partial charge in [0.1, 0.15) is 10.9 Å². The van der Waals surface area contributed by atoms with E-state index in [0.29, 0.717) is 11.2 Å². The molecule has 0 bridgehead atoms. The molecule has 1 fully saturated rings. The molecule has 0 spiro atoms. The van der Waals surface area contributed by atoms with E-state index in [9.17, 15) is 0 Å². The maximum atomic E-state index is 5.70. The first kappa shape index (κ1) is 11.7. The zero-order valence-corrected chi connectivity index (χ0v) is 10.3. The quantitative estimate of drug-likeness (QED) is 0.757. The van der Waals surface area contributed by atoms with Crippen molar-refractivity contribution in [3.05, 3.63) is 23.5 Å². The zero-order chi connectivity index (χ0) is 11.4. The summed E-state index contributed by atoms with van der Waals surface area (Å²) in [7, 11) is 2.18. The van der Waals surface area contributed by atoms with Crippen molar-refractivity contribution >= 4 is 11.6 Å². The molecule has 88 valence electrons. The molecule has 4 heteroatoms. The normalized spacial score (nSPS) is 21.2. The Morgan fingerprint density at radius 3 is 3.06 bits per heavy atom. The van der Waals surface area contributed by atoms with Gasteiger partial charge in [0.25, 0.3) is 0 Å². The fourth-order valence-corrected chi connectivity index (χ4v) is 2.22. The average Bonchev–Trinajstić information content (AvgIpc) is 2.68. The van der Waals surface area contributed by atoms with Gasteiger partial charge in [0.2, 0.25) is 0 Å². The lowest BCUT2D eigenvalue weighted by molar-refractivity contribution is 0.233. The van der Waals surface area contributed by atoms with E-state index in [1.54, 1.807) is 12.3 Å². The molecular formula is C12H17ClN2O. The summed E-state index contributed by atoms with van der Waals surface area (Å²) >= 11 is 5.70. The molecule has 0 N–H and O–H groups in total. The third kappa shape index (κ3) is 3.09. The second kappa shape index (κ2) is 5.51. The number of likely N-dealkylation sites (tertiary alicyclic amines) is 1. The molecule has 2 rings (SSSR count). The first-order valence-electron chi connectivity index (χ1n) is 5.70. The van der Waals surface area contributed by atoms with Crippen molar-refractivity contribution in [2.24, 2.45) is 0 Å². The second-order valence-electron chi connectivity index (χ2n) is 4.23. The van der Waals surface area contributed by atoms with E-state index in [1.807, 2.05) is 6.07 Å². The molecule has 1 aromatic heterocycles. The third-order valence-electron chi connectivity index (χ3n) is 3.09. The molecule has 1 aliphatic rings. The van der Waals surface area contributed by atoms with Crippen LogP contribution in [0, 0.1) is 0 Å². The van der Waals surface area contributed by atoms with Crippen molar-refractivity contribution in [2.75, 3.05) is 20.2 Å². The summed E-state index contributed by atoms with van der Waals surface area (Å²) in [4.78, 5) is 6.38. The van der Waals surface area contributed by atoms with E-state index in [2.05, 4.69) is 16.9 Å². The number of halogens is 1. The van der Waals surface area contributed by atoms with E-state index >= 15 is 0 Å². The van der Waals surface area contributed by atoms with Crippen LogP contribution in [0.3, 0.4) is 0 Å². The van der Waals surface area contributed by atoms with Crippen LogP contribution in [0.1, 0.15) is 19.3 Å². The minimum absolute atomic E-state index is 0.503. The van der Waals surface area contributed by atoms with Crippen LogP contribution in [-0.4, -0.2) is 36.1 Å². The highest BCUT2D eigenvalue weighted by Crippen LogP contribution is 2.18. The lowest BCUT2D eigenvalue weighted by Gasteiger charge is -2.19. The zero-order valence-electron chi connectivity index (χ0n) is 9.53. The number of hydrogen-bond acceptors (Lipinski definition) is 3. The predicted molar refractivity (Wildman–Crippen MR) is 65.0 cm³/mol. The van der Waals surface area contributed by atoms with Gasteiger partial charge in [-0.15, -0.1) is 0 Å². The highest BCUT2D eigenvalue weighted by molar-refractivity contribution is 6.29. The molecule has 0 amide bonds. The van der Waals surface area contributed by atoms with Crippen LogP contribution in [0.15, 0.2) is 18.3 Å². The van der Waals surface area contributed by atoms with Gasteiger partial charge in [0, 0.05) is 6.04 Å². The fourth-order valence-electron chi connectivity index (χ4n) is 2.10. The highest BCUT2D eigenvalue weighted by atomic mass is 35.5. The molecule has 0 unspecified atom stereocenters. The van der Waals surface area contributed by atoms with Crippen molar-refractivity contribution < 1.29 is 4.74 Å². The molecule has 16 heavy (non-hydrogen) atoms. The summed E-state index contributed by atoms with van der Waals surface area (Å²) in [6.07, 6.45) is 5.35. The summed E-state index contributed by atoms with van der Waals surface area (Å²) in [5, 5.41) is 0.503. The van der Waals surface area contributed by atoms with Crippen molar-refractivity contribution in [3.63, 3.8) is 0 Å². The SMILES string of the molecule is CN1CCC[C@H]1CCOc1ccc(Cl)nc1. The monoisotopic (exact) mass is 240 g/mol. The van der Waals surface area contributed by atoms with Gasteiger partial charge in [-0.05, 0) is 45.0 Å². The number of hydrogen-bond donors (Lipinski definition) is 0. The van der Waals surface area contributed by atoms with E-state index in [-0.39, 0.29) is 0 Å². The largest absolute Gasteiger partial charge is 0.492 e. The number of nitrogens with zero attached hydrogens (tertiary/aromatic N) is 2. The molecular weight excluding hydrogens is 224 g/mol. The molecule has 3 nitrogen and oxygen atoms in total. The summed E-state index contributed by atoms with van der Waals surface area (Å²) < 4.78 is 5.62. The first-order chi connectivity index (χ1) is 7.75. The van der Waals surface area contributed by atoms with Gasteiger partial charge < -0.3 is 9.64 Å². The predicted octanol–water partition coefficient (Wildman–Crippen LogP) is 2.60. The standard InChI is InChI=1S/C12H17ClN2O/c1-15-7-2-3-10(15)6-8-16-11-4-5-12(13)14-9-11/h4-5,9-10H,2-3,6-8H2,1H3/t10-/m0/s1. The van der Waals surface area contributed by atoms with Gasteiger partial charge in [0.15, 0.2) is 0 Å². The smallest absolute Gasteiger partial charge is 0.137 e. The molecule has 0 aromatic carbocycles. The summed E-state index contributed by atoms with van der Waals surface area (Å²) in [5.74, 6) is 0.796. The Morgan fingerprint density at radius 1 is 1.56 bits per heavy atom. The molecule has 0 aliphatic carbocycles. The van der Waals surface area contributed by atoms with E-state index in [4.69, 9.17) is 16.3 Å². The minimum Gasteiger partial charge on any atom is -0.492 e. The van der Waals surface area contributed by atoms with Crippen molar-refractivity contribution in [1.29, 1.82) is 0 Å². The Kier molecular flexibility index (Phi) is 4.02. The molecule has 2 heterocycles. The summed E-state index contributed by atoms with van der Waals surface area (Å²) in [6, 6.07) is 4.28. The fraction of sp³-hybridized carbons (Fsp3) is 0.583. The number of pyridine rings is 1. The molecule has 0 radical (unpaired) electrons. The van der Waals surface area contributed by atoms with Crippen LogP contribution in [0.2, 0.25) is 5.15 Å². The Morgan fingerprint density at radius 2 is 2.44 bits per heavy atom. The van der Waals surface area contributed by atoms with Crippen LogP contribution in [-0.2, 0) is 0 Å². The maximum absolute atomic E-state index is 5.70. The van der Waals surface area contributed by atoms with Gasteiger partial charge in [-0.25, -0.2) is 4.98 Å². The van der Waals surface area contributed by atoms with E-state index in [0.717, 1.165) is 18.8 Å². The average molecular weight is 241 g/mol. The Hall–Kier alpha value is -0.800. The van der Waals surface area contributed by atoms with Crippen LogP contribution in [0.25, 0.3) is 0 Å². The topological polar surface area (TPSA) is 25.4 Å².